The van der Waals surface area contributed by atoms with E-state index >= 15 is 0 Å². The number of hydrogen-bond donors (Lipinski definition) is 1. The molecule has 0 aliphatic carbocycles. The highest BCUT2D eigenvalue weighted by molar-refractivity contribution is 7.15. The number of anilines is 1. The van der Waals surface area contributed by atoms with Crippen LogP contribution in [0.15, 0.2) is 36.9 Å². The maximum Gasteiger partial charge on any atom is 0.317 e. The molecule has 8 heteroatoms. The number of carboxylic acids is 1. The van der Waals surface area contributed by atoms with E-state index < -0.39 is 5.97 Å². The highest BCUT2D eigenvalue weighted by Gasteiger charge is 2.18. The number of aromatic nitrogens is 1. The third-order valence-electron chi connectivity index (χ3n) is 5.31. The Labute approximate surface area is 188 Å². The third-order valence-corrected chi connectivity index (χ3v) is 6.39. The SMILES string of the molecule is C=CCN(CC(=O)O)Cc1cccc(OCCc2nc(N3CCN(C)CC3)sc2C)c1. The standard InChI is InChI=1S/C23H32N4O3S/c1-4-9-26(17-22(28)29)16-19-6-5-7-20(15-19)30-14-8-21-18(2)31-23(24-21)27-12-10-25(3)11-13-27/h4-7,15H,1,8-14,16-17H2,2-3H3,(H,28,29). The fourth-order valence-corrected chi connectivity index (χ4v) is 4.60. The zero-order chi connectivity index (χ0) is 22.2. The highest BCUT2D eigenvalue weighted by Crippen LogP contribution is 2.27. The molecule has 0 amide bonds. The summed E-state index contributed by atoms with van der Waals surface area (Å²) in [5, 5.41) is 10.2. The van der Waals surface area contributed by atoms with Gasteiger partial charge in [0.1, 0.15) is 5.75 Å². The number of carbonyl (C=O) groups is 1. The van der Waals surface area contributed by atoms with Crippen molar-refractivity contribution in [3.8, 4) is 5.75 Å². The summed E-state index contributed by atoms with van der Waals surface area (Å²) in [6, 6.07) is 7.83. The van der Waals surface area contributed by atoms with E-state index in [1.165, 1.54) is 4.88 Å². The minimum absolute atomic E-state index is 0.0180. The van der Waals surface area contributed by atoms with Crippen molar-refractivity contribution in [2.45, 2.75) is 19.9 Å². The Balaban J connectivity index is 1.53. The van der Waals surface area contributed by atoms with Crippen LogP contribution in [0, 0.1) is 6.92 Å². The van der Waals surface area contributed by atoms with Crippen LogP contribution < -0.4 is 9.64 Å². The number of benzene rings is 1. The number of nitrogens with zero attached hydrogens (tertiary/aromatic N) is 4. The Morgan fingerprint density at radius 3 is 2.84 bits per heavy atom. The van der Waals surface area contributed by atoms with E-state index in [1.807, 2.05) is 29.2 Å². The Morgan fingerprint density at radius 1 is 1.35 bits per heavy atom. The van der Waals surface area contributed by atoms with Crippen LogP contribution in [0.2, 0.25) is 0 Å². The maximum absolute atomic E-state index is 11.1. The van der Waals surface area contributed by atoms with Crippen molar-refractivity contribution >= 4 is 22.4 Å². The van der Waals surface area contributed by atoms with Gasteiger partial charge in [0.15, 0.2) is 5.13 Å². The van der Waals surface area contributed by atoms with Gasteiger partial charge < -0.3 is 19.6 Å². The van der Waals surface area contributed by atoms with Gasteiger partial charge in [0.2, 0.25) is 0 Å². The van der Waals surface area contributed by atoms with E-state index in [1.54, 1.807) is 17.4 Å². The van der Waals surface area contributed by atoms with Crippen molar-refractivity contribution in [1.29, 1.82) is 0 Å². The van der Waals surface area contributed by atoms with Gasteiger partial charge in [-0.25, -0.2) is 4.98 Å². The highest BCUT2D eigenvalue weighted by atomic mass is 32.1. The average Bonchev–Trinajstić information content (AvgIpc) is 3.09. The van der Waals surface area contributed by atoms with Crippen LogP contribution in [0.1, 0.15) is 16.1 Å². The lowest BCUT2D eigenvalue weighted by atomic mass is 10.2. The summed E-state index contributed by atoms with van der Waals surface area (Å²) < 4.78 is 5.99. The zero-order valence-electron chi connectivity index (χ0n) is 18.4. The quantitative estimate of drug-likeness (QED) is 0.535. The number of thiazole rings is 1. The second-order valence-corrected chi connectivity index (χ2v) is 9.07. The largest absolute Gasteiger partial charge is 0.493 e. The molecular weight excluding hydrogens is 412 g/mol. The monoisotopic (exact) mass is 444 g/mol. The second-order valence-electron chi connectivity index (χ2n) is 7.89. The number of ether oxygens (including phenoxy) is 1. The number of likely N-dealkylation sites (N-methyl/N-ethyl adjacent to an activating group) is 1. The van der Waals surface area contributed by atoms with Gasteiger partial charge in [0.05, 0.1) is 18.8 Å². The molecule has 1 N–H and O–H groups in total. The molecule has 1 aromatic carbocycles. The molecule has 1 aliphatic rings. The van der Waals surface area contributed by atoms with E-state index in [2.05, 4.69) is 30.4 Å². The summed E-state index contributed by atoms with van der Waals surface area (Å²) in [6.07, 6.45) is 2.48. The van der Waals surface area contributed by atoms with Crippen molar-refractivity contribution in [2.24, 2.45) is 0 Å². The van der Waals surface area contributed by atoms with Crippen molar-refractivity contribution in [2.75, 3.05) is 57.8 Å². The van der Waals surface area contributed by atoms with Gasteiger partial charge in [-0.3, -0.25) is 9.69 Å². The van der Waals surface area contributed by atoms with E-state index in [9.17, 15) is 4.79 Å². The molecule has 168 valence electrons. The molecule has 0 unspecified atom stereocenters. The van der Waals surface area contributed by atoms with Crippen LogP contribution >= 0.6 is 11.3 Å². The lowest BCUT2D eigenvalue weighted by molar-refractivity contribution is -0.138. The first kappa shape index (κ1) is 23.2. The summed E-state index contributed by atoms with van der Waals surface area (Å²) in [7, 11) is 2.16. The molecular formula is C23H32N4O3S. The summed E-state index contributed by atoms with van der Waals surface area (Å²) in [5.74, 6) is -0.0533. The number of rotatable bonds is 11. The van der Waals surface area contributed by atoms with Crippen LogP contribution in [-0.4, -0.2) is 78.8 Å². The molecule has 7 nitrogen and oxygen atoms in total. The smallest absolute Gasteiger partial charge is 0.317 e. The summed E-state index contributed by atoms with van der Waals surface area (Å²) in [5.41, 5.74) is 2.12. The Morgan fingerprint density at radius 2 is 2.13 bits per heavy atom. The topological polar surface area (TPSA) is 69.1 Å². The number of aryl methyl sites for hydroxylation is 1. The molecule has 0 radical (unpaired) electrons. The molecule has 0 saturated carbocycles. The fraction of sp³-hybridized carbons (Fsp3) is 0.478. The summed E-state index contributed by atoms with van der Waals surface area (Å²) in [6.45, 7) is 11.6. The molecule has 1 saturated heterocycles. The predicted molar refractivity (Wildman–Crippen MR) is 125 cm³/mol. The van der Waals surface area contributed by atoms with Gasteiger partial charge in [-0.15, -0.1) is 17.9 Å². The first-order chi connectivity index (χ1) is 14.9. The van der Waals surface area contributed by atoms with Gasteiger partial charge >= 0.3 is 5.97 Å². The van der Waals surface area contributed by atoms with E-state index in [0.29, 0.717) is 19.7 Å². The lowest BCUT2D eigenvalue weighted by Crippen LogP contribution is -2.44. The zero-order valence-corrected chi connectivity index (χ0v) is 19.2. The molecule has 3 rings (SSSR count). The minimum atomic E-state index is -0.844. The number of piperazine rings is 1. The fourth-order valence-electron chi connectivity index (χ4n) is 3.59. The van der Waals surface area contributed by atoms with Crippen LogP contribution in [0.3, 0.4) is 0 Å². The first-order valence-corrected chi connectivity index (χ1v) is 11.4. The van der Waals surface area contributed by atoms with Gasteiger partial charge in [0, 0.05) is 50.6 Å². The van der Waals surface area contributed by atoms with E-state index in [-0.39, 0.29) is 6.54 Å². The molecule has 31 heavy (non-hydrogen) atoms. The average molecular weight is 445 g/mol. The van der Waals surface area contributed by atoms with Crippen molar-refractivity contribution < 1.29 is 14.6 Å². The summed E-state index contributed by atoms with van der Waals surface area (Å²) in [4.78, 5) is 23.7. The molecule has 2 heterocycles. The van der Waals surface area contributed by atoms with Crippen molar-refractivity contribution in [3.05, 3.63) is 53.1 Å². The third kappa shape index (κ3) is 7.05. The first-order valence-electron chi connectivity index (χ1n) is 10.6. The van der Waals surface area contributed by atoms with Crippen LogP contribution in [0.4, 0.5) is 5.13 Å². The Bertz CT molecular complexity index is 877. The van der Waals surface area contributed by atoms with Crippen LogP contribution in [0.5, 0.6) is 5.75 Å². The predicted octanol–water partition coefficient (Wildman–Crippen LogP) is 2.90. The molecule has 0 bridgehead atoms. The van der Waals surface area contributed by atoms with Crippen molar-refractivity contribution in [3.63, 3.8) is 0 Å². The normalized spacial score (nSPS) is 14.7. The molecule has 1 fully saturated rings. The Kier molecular flexibility index (Phi) is 8.45. The van der Waals surface area contributed by atoms with Crippen LogP contribution in [-0.2, 0) is 17.8 Å². The van der Waals surface area contributed by atoms with Gasteiger partial charge in [-0.05, 0) is 31.7 Å². The minimum Gasteiger partial charge on any atom is -0.493 e. The molecule has 2 aromatic rings. The maximum atomic E-state index is 11.1. The van der Waals surface area contributed by atoms with E-state index in [4.69, 9.17) is 14.8 Å². The molecule has 1 aromatic heterocycles. The van der Waals surface area contributed by atoms with Gasteiger partial charge in [-0.2, -0.15) is 0 Å². The molecule has 0 spiro atoms. The number of aliphatic carboxylic acids is 1. The van der Waals surface area contributed by atoms with Gasteiger partial charge in [-0.1, -0.05) is 18.2 Å². The molecule has 1 aliphatic heterocycles. The molecule has 0 atom stereocenters. The summed E-state index contributed by atoms with van der Waals surface area (Å²) >= 11 is 1.77. The van der Waals surface area contributed by atoms with E-state index in [0.717, 1.165) is 54.7 Å². The second kappa shape index (κ2) is 11.3. The van der Waals surface area contributed by atoms with Crippen LogP contribution in [0.25, 0.3) is 0 Å². The Hall–Kier alpha value is -2.42. The van der Waals surface area contributed by atoms with Crippen molar-refractivity contribution in [1.82, 2.24) is 14.8 Å². The number of carboxylic acid groups (broad SMARTS) is 1. The lowest BCUT2D eigenvalue weighted by Gasteiger charge is -2.32. The van der Waals surface area contributed by atoms with Gasteiger partial charge in [0.25, 0.3) is 0 Å². The number of hydrogen-bond acceptors (Lipinski definition) is 7.